The average Bonchev–Trinajstić information content (AvgIpc) is 2.35. The van der Waals surface area contributed by atoms with Crippen molar-refractivity contribution in [2.24, 2.45) is 5.73 Å². The van der Waals surface area contributed by atoms with E-state index in [1.54, 1.807) is 36.0 Å². The zero-order chi connectivity index (χ0) is 13.4. The monoisotopic (exact) mass is 266 g/mol. The predicted octanol–water partition coefficient (Wildman–Crippen LogP) is 1.91. The maximum atomic E-state index is 11.6. The molecule has 0 saturated carbocycles. The fourth-order valence-corrected chi connectivity index (χ4v) is 2.14. The van der Waals surface area contributed by atoms with E-state index in [1.165, 1.54) is 6.92 Å². The number of anilines is 1. The summed E-state index contributed by atoms with van der Waals surface area (Å²) < 4.78 is 0. The van der Waals surface area contributed by atoms with Crippen LogP contribution < -0.4 is 11.1 Å². The Morgan fingerprint density at radius 3 is 2.83 bits per heavy atom. The molecule has 3 N–H and O–H groups in total. The van der Waals surface area contributed by atoms with Crippen molar-refractivity contribution >= 4 is 29.1 Å². The normalized spacial score (nSPS) is 10.1. The van der Waals surface area contributed by atoms with Crippen molar-refractivity contribution in [1.29, 1.82) is 0 Å². The minimum absolute atomic E-state index is 0.0107. The number of benzene rings is 1. The topological polar surface area (TPSA) is 72.2 Å². The van der Waals surface area contributed by atoms with E-state index in [0.717, 1.165) is 12.2 Å². The number of ketones is 1. The van der Waals surface area contributed by atoms with Crippen LogP contribution in [0.2, 0.25) is 0 Å². The van der Waals surface area contributed by atoms with Crippen LogP contribution in [-0.2, 0) is 4.79 Å². The highest BCUT2D eigenvalue weighted by atomic mass is 32.2. The number of carbonyl (C=O) groups is 2. The zero-order valence-electron chi connectivity index (χ0n) is 10.4. The highest BCUT2D eigenvalue weighted by Crippen LogP contribution is 2.12. The molecule has 0 aliphatic heterocycles. The second-order valence-electron chi connectivity index (χ2n) is 3.88. The van der Waals surface area contributed by atoms with Gasteiger partial charge in [-0.15, -0.1) is 0 Å². The van der Waals surface area contributed by atoms with Gasteiger partial charge in [0.05, 0.1) is 5.75 Å². The largest absolute Gasteiger partial charge is 0.330 e. The number of hydrogen-bond donors (Lipinski definition) is 2. The molecule has 0 saturated heterocycles. The zero-order valence-corrected chi connectivity index (χ0v) is 11.3. The fourth-order valence-electron chi connectivity index (χ4n) is 1.36. The van der Waals surface area contributed by atoms with Gasteiger partial charge in [-0.1, -0.05) is 12.1 Å². The summed E-state index contributed by atoms with van der Waals surface area (Å²) in [5, 5.41) is 2.77. The second kappa shape index (κ2) is 7.89. The molecule has 4 nitrogen and oxygen atoms in total. The van der Waals surface area contributed by atoms with Gasteiger partial charge >= 0.3 is 0 Å². The van der Waals surface area contributed by atoms with E-state index in [9.17, 15) is 9.59 Å². The molecule has 98 valence electrons. The quantitative estimate of drug-likeness (QED) is 0.584. The molecule has 1 aromatic rings. The lowest BCUT2D eigenvalue weighted by atomic mass is 10.1. The molecule has 18 heavy (non-hydrogen) atoms. The predicted molar refractivity (Wildman–Crippen MR) is 76.1 cm³/mol. The van der Waals surface area contributed by atoms with Crippen molar-refractivity contribution in [3.05, 3.63) is 29.8 Å². The summed E-state index contributed by atoms with van der Waals surface area (Å²) >= 11 is 1.56. The molecule has 0 atom stereocenters. The van der Waals surface area contributed by atoms with E-state index in [0.29, 0.717) is 23.5 Å². The molecule has 0 heterocycles. The lowest BCUT2D eigenvalue weighted by Crippen LogP contribution is -2.15. The van der Waals surface area contributed by atoms with Crippen LogP contribution in [0.4, 0.5) is 5.69 Å². The van der Waals surface area contributed by atoms with E-state index >= 15 is 0 Å². The van der Waals surface area contributed by atoms with Gasteiger partial charge in [0.15, 0.2) is 5.78 Å². The van der Waals surface area contributed by atoms with Crippen molar-refractivity contribution in [3.8, 4) is 0 Å². The van der Waals surface area contributed by atoms with Gasteiger partial charge < -0.3 is 11.1 Å². The fraction of sp³-hybridized carbons (Fsp3) is 0.385. The average molecular weight is 266 g/mol. The van der Waals surface area contributed by atoms with Crippen molar-refractivity contribution in [2.75, 3.05) is 23.4 Å². The first-order valence-electron chi connectivity index (χ1n) is 5.82. The molecule has 1 rings (SSSR count). The number of rotatable bonds is 7. The Hall–Kier alpha value is -1.33. The first-order chi connectivity index (χ1) is 8.63. The third-order valence-corrected chi connectivity index (χ3v) is 3.32. The number of thioether (sulfide) groups is 1. The summed E-state index contributed by atoms with van der Waals surface area (Å²) in [5.74, 6) is 1.22. The Morgan fingerprint density at radius 1 is 1.39 bits per heavy atom. The maximum Gasteiger partial charge on any atom is 0.234 e. The van der Waals surface area contributed by atoms with Gasteiger partial charge in [0.1, 0.15) is 0 Å². The summed E-state index contributed by atoms with van der Waals surface area (Å²) in [5.41, 5.74) is 6.63. The molecule has 1 aromatic carbocycles. The van der Waals surface area contributed by atoms with Crippen LogP contribution >= 0.6 is 11.8 Å². The van der Waals surface area contributed by atoms with Crippen LogP contribution in [0.25, 0.3) is 0 Å². The lowest BCUT2D eigenvalue weighted by molar-refractivity contribution is -0.113. The first kappa shape index (κ1) is 14.7. The highest BCUT2D eigenvalue weighted by Gasteiger charge is 2.04. The highest BCUT2D eigenvalue weighted by molar-refractivity contribution is 7.99. The third-order valence-electron chi connectivity index (χ3n) is 2.28. The molecule has 0 radical (unpaired) electrons. The van der Waals surface area contributed by atoms with E-state index in [1.807, 2.05) is 0 Å². The molecule has 0 bridgehead atoms. The Morgan fingerprint density at radius 2 is 2.17 bits per heavy atom. The summed E-state index contributed by atoms with van der Waals surface area (Å²) in [4.78, 5) is 22.8. The van der Waals surface area contributed by atoms with E-state index in [4.69, 9.17) is 5.73 Å². The molecular weight excluding hydrogens is 248 g/mol. The summed E-state index contributed by atoms with van der Waals surface area (Å²) in [6, 6.07) is 6.95. The van der Waals surface area contributed by atoms with Crippen LogP contribution in [0.15, 0.2) is 24.3 Å². The number of carbonyl (C=O) groups excluding carboxylic acids is 2. The van der Waals surface area contributed by atoms with Crippen molar-refractivity contribution < 1.29 is 9.59 Å². The van der Waals surface area contributed by atoms with Gasteiger partial charge in [-0.2, -0.15) is 11.8 Å². The van der Waals surface area contributed by atoms with Gasteiger partial charge in [0, 0.05) is 11.3 Å². The Bertz CT molecular complexity index is 421. The molecule has 5 heteroatoms. The summed E-state index contributed by atoms with van der Waals surface area (Å²) in [6.07, 6.45) is 0.914. The summed E-state index contributed by atoms with van der Waals surface area (Å²) in [7, 11) is 0. The van der Waals surface area contributed by atoms with Crippen LogP contribution in [0.3, 0.4) is 0 Å². The van der Waals surface area contributed by atoms with Crippen molar-refractivity contribution in [3.63, 3.8) is 0 Å². The summed E-state index contributed by atoms with van der Waals surface area (Å²) in [6.45, 7) is 2.15. The molecular formula is C13H18N2O2S. The first-order valence-corrected chi connectivity index (χ1v) is 6.97. The minimum Gasteiger partial charge on any atom is -0.330 e. The van der Waals surface area contributed by atoms with Crippen LogP contribution in [0.1, 0.15) is 23.7 Å². The van der Waals surface area contributed by atoms with Crippen molar-refractivity contribution in [2.45, 2.75) is 13.3 Å². The Labute approximate surface area is 111 Å². The SMILES string of the molecule is CC(=O)c1cccc(NC(=O)CSCCCN)c1. The number of Topliss-reactive ketones (excluding diaryl/α,β-unsaturated/α-hetero) is 1. The Balaban J connectivity index is 2.44. The molecule has 0 aromatic heterocycles. The number of hydrogen-bond acceptors (Lipinski definition) is 4. The van der Waals surface area contributed by atoms with Crippen LogP contribution in [-0.4, -0.2) is 29.7 Å². The van der Waals surface area contributed by atoms with Crippen LogP contribution in [0.5, 0.6) is 0 Å². The van der Waals surface area contributed by atoms with E-state index in [-0.39, 0.29) is 11.7 Å². The molecule has 0 aliphatic rings. The molecule has 0 unspecified atom stereocenters. The van der Waals surface area contributed by atoms with Gasteiger partial charge in [-0.25, -0.2) is 0 Å². The van der Waals surface area contributed by atoms with E-state index < -0.39 is 0 Å². The molecule has 1 amide bonds. The standard InChI is InChI=1S/C13H18N2O2S/c1-10(16)11-4-2-5-12(8-11)15-13(17)9-18-7-3-6-14/h2,4-5,8H,3,6-7,9,14H2,1H3,(H,15,17). The molecule has 0 fully saturated rings. The van der Waals surface area contributed by atoms with Gasteiger partial charge in [0.2, 0.25) is 5.91 Å². The second-order valence-corrected chi connectivity index (χ2v) is 4.99. The molecule has 0 aliphatic carbocycles. The Kier molecular flexibility index (Phi) is 6.46. The number of nitrogens with two attached hydrogens (primary N) is 1. The van der Waals surface area contributed by atoms with Crippen molar-refractivity contribution in [1.82, 2.24) is 0 Å². The van der Waals surface area contributed by atoms with E-state index in [2.05, 4.69) is 5.32 Å². The molecule has 0 spiro atoms. The smallest absolute Gasteiger partial charge is 0.234 e. The lowest BCUT2D eigenvalue weighted by Gasteiger charge is -2.06. The number of amides is 1. The van der Waals surface area contributed by atoms with Gasteiger partial charge in [-0.05, 0) is 37.8 Å². The maximum absolute atomic E-state index is 11.6. The third kappa shape index (κ3) is 5.33. The van der Waals surface area contributed by atoms with Crippen LogP contribution in [0, 0.1) is 0 Å². The van der Waals surface area contributed by atoms with Gasteiger partial charge in [-0.3, -0.25) is 9.59 Å². The number of nitrogens with one attached hydrogen (secondary N) is 1. The van der Waals surface area contributed by atoms with Gasteiger partial charge in [0.25, 0.3) is 0 Å². The minimum atomic E-state index is -0.0577.